The van der Waals surface area contributed by atoms with Gasteiger partial charge in [0, 0.05) is 12.5 Å². The van der Waals surface area contributed by atoms with Gasteiger partial charge in [-0.1, -0.05) is 37.3 Å². The first-order valence-electron chi connectivity index (χ1n) is 8.31. The van der Waals surface area contributed by atoms with E-state index in [0.29, 0.717) is 12.2 Å². The van der Waals surface area contributed by atoms with Crippen LogP contribution in [0.2, 0.25) is 0 Å². The Hall–Kier alpha value is -3.16. The van der Waals surface area contributed by atoms with Crippen molar-refractivity contribution >= 4 is 23.6 Å². The van der Waals surface area contributed by atoms with Crippen molar-refractivity contribution < 1.29 is 19.1 Å². The highest BCUT2D eigenvalue weighted by Crippen LogP contribution is 2.19. The molecule has 26 heavy (non-hydrogen) atoms. The van der Waals surface area contributed by atoms with Gasteiger partial charge in [-0.3, -0.25) is 19.5 Å². The molecule has 0 fully saturated rings. The van der Waals surface area contributed by atoms with Crippen LogP contribution in [0.4, 0.5) is 5.82 Å². The molecule has 2 rings (SSSR count). The molecule has 0 spiro atoms. The van der Waals surface area contributed by atoms with Gasteiger partial charge in [-0.25, -0.2) is 0 Å². The van der Waals surface area contributed by atoms with Crippen LogP contribution in [0.1, 0.15) is 26.2 Å². The molecule has 1 unspecified atom stereocenters. The van der Waals surface area contributed by atoms with Gasteiger partial charge in [0.25, 0.3) is 0 Å². The van der Waals surface area contributed by atoms with E-state index in [1.807, 2.05) is 30.3 Å². The Morgan fingerprint density at radius 3 is 2.58 bits per heavy atom. The van der Waals surface area contributed by atoms with Crippen LogP contribution in [0, 0.1) is 0 Å². The molecule has 8 nitrogen and oxygen atoms in total. The number of ether oxygens (including phenoxy) is 1. The summed E-state index contributed by atoms with van der Waals surface area (Å²) < 4.78 is 4.49. The maximum absolute atomic E-state index is 12.3. The van der Waals surface area contributed by atoms with Crippen molar-refractivity contribution in [1.82, 2.24) is 15.5 Å². The third kappa shape index (κ3) is 5.44. The first-order valence-corrected chi connectivity index (χ1v) is 8.31. The molecular formula is C18H22N4O4. The number of carbonyl (C=O) groups excluding carboxylic acids is 3. The van der Waals surface area contributed by atoms with Crippen LogP contribution in [-0.4, -0.2) is 41.1 Å². The number of hydrogen-bond donors (Lipinski definition) is 3. The number of nitrogens with zero attached hydrogens (tertiary/aromatic N) is 1. The van der Waals surface area contributed by atoms with Crippen molar-refractivity contribution in [3.05, 3.63) is 36.4 Å². The molecule has 2 aromatic rings. The standard InChI is InChI=1S/C18H22N4O4/c1-3-13(19-16(23)9-10-17(24)26-2)18(25)20-15-11-14(21-22-15)12-7-5-4-6-8-12/h4-8,11,13H,3,9-10H2,1-2H3,(H,19,23)(H2,20,21,22,25). The number of hydrogen-bond acceptors (Lipinski definition) is 5. The van der Waals surface area contributed by atoms with Crippen molar-refractivity contribution in [1.29, 1.82) is 0 Å². The summed E-state index contributed by atoms with van der Waals surface area (Å²) in [6.07, 6.45) is 0.350. The molecule has 3 N–H and O–H groups in total. The Bertz CT molecular complexity index is 758. The van der Waals surface area contributed by atoms with E-state index in [1.54, 1.807) is 13.0 Å². The molecule has 0 bridgehead atoms. The van der Waals surface area contributed by atoms with Crippen LogP contribution in [0.3, 0.4) is 0 Å². The van der Waals surface area contributed by atoms with E-state index in [4.69, 9.17) is 0 Å². The monoisotopic (exact) mass is 358 g/mol. The second-order valence-electron chi connectivity index (χ2n) is 5.63. The zero-order valence-electron chi connectivity index (χ0n) is 14.7. The van der Waals surface area contributed by atoms with E-state index < -0.39 is 12.0 Å². The molecule has 1 aromatic carbocycles. The summed E-state index contributed by atoms with van der Waals surface area (Å²) in [5.74, 6) is -0.854. The average molecular weight is 358 g/mol. The number of methoxy groups -OCH3 is 1. The van der Waals surface area contributed by atoms with Crippen LogP contribution in [0.15, 0.2) is 36.4 Å². The summed E-state index contributed by atoms with van der Waals surface area (Å²) in [6, 6.07) is 10.6. The lowest BCUT2D eigenvalue weighted by atomic mass is 10.1. The number of H-pyrrole nitrogens is 1. The molecule has 1 atom stereocenters. The Balaban J connectivity index is 1.91. The maximum atomic E-state index is 12.3. The van der Waals surface area contributed by atoms with Crippen LogP contribution in [0.25, 0.3) is 11.3 Å². The van der Waals surface area contributed by atoms with Gasteiger partial charge in [-0.05, 0) is 12.0 Å². The first-order chi connectivity index (χ1) is 12.5. The zero-order valence-corrected chi connectivity index (χ0v) is 14.7. The summed E-state index contributed by atoms with van der Waals surface area (Å²) in [6.45, 7) is 1.78. The first kappa shape index (κ1) is 19.2. The lowest BCUT2D eigenvalue weighted by Crippen LogP contribution is -2.43. The second kappa shape index (κ2) is 9.36. The van der Waals surface area contributed by atoms with Crippen LogP contribution >= 0.6 is 0 Å². The molecule has 8 heteroatoms. The topological polar surface area (TPSA) is 113 Å². The van der Waals surface area contributed by atoms with E-state index in [0.717, 1.165) is 11.3 Å². The molecule has 0 saturated heterocycles. The number of esters is 1. The number of anilines is 1. The summed E-state index contributed by atoms with van der Waals surface area (Å²) in [7, 11) is 1.26. The van der Waals surface area contributed by atoms with Crippen molar-refractivity contribution in [3.63, 3.8) is 0 Å². The maximum Gasteiger partial charge on any atom is 0.306 e. The summed E-state index contributed by atoms with van der Waals surface area (Å²) >= 11 is 0. The molecule has 1 heterocycles. The third-order valence-corrected chi connectivity index (χ3v) is 3.76. The lowest BCUT2D eigenvalue weighted by molar-refractivity contribution is -0.142. The fourth-order valence-electron chi connectivity index (χ4n) is 2.30. The summed E-state index contributed by atoms with van der Waals surface area (Å²) in [4.78, 5) is 35.3. The minimum atomic E-state index is -0.711. The highest BCUT2D eigenvalue weighted by molar-refractivity contribution is 5.97. The van der Waals surface area contributed by atoms with Gasteiger partial charge in [0.15, 0.2) is 5.82 Å². The molecule has 0 radical (unpaired) electrons. The highest BCUT2D eigenvalue weighted by atomic mass is 16.5. The fourth-order valence-corrected chi connectivity index (χ4v) is 2.30. The number of amides is 2. The number of rotatable bonds is 8. The minimum Gasteiger partial charge on any atom is -0.469 e. The molecule has 138 valence electrons. The smallest absolute Gasteiger partial charge is 0.306 e. The number of aromatic nitrogens is 2. The molecule has 0 aliphatic heterocycles. The highest BCUT2D eigenvalue weighted by Gasteiger charge is 2.20. The normalized spacial score (nSPS) is 11.5. The summed E-state index contributed by atoms with van der Waals surface area (Å²) in [5, 5.41) is 12.2. The predicted molar refractivity (Wildman–Crippen MR) is 96.1 cm³/mol. The average Bonchev–Trinajstić information content (AvgIpc) is 3.13. The van der Waals surface area contributed by atoms with E-state index in [1.165, 1.54) is 7.11 Å². The van der Waals surface area contributed by atoms with Gasteiger partial charge >= 0.3 is 5.97 Å². The Morgan fingerprint density at radius 1 is 1.19 bits per heavy atom. The Labute approximate surface area is 151 Å². The fraction of sp³-hybridized carbons (Fsp3) is 0.333. The number of benzene rings is 1. The Kier molecular flexibility index (Phi) is 6.90. The zero-order chi connectivity index (χ0) is 18.9. The van der Waals surface area contributed by atoms with E-state index in [2.05, 4.69) is 25.6 Å². The largest absolute Gasteiger partial charge is 0.469 e. The molecule has 2 amide bonds. The molecular weight excluding hydrogens is 336 g/mol. The van der Waals surface area contributed by atoms with Gasteiger partial charge in [0.1, 0.15) is 6.04 Å². The van der Waals surface area contributed by atoms with Gasteiger partial charge in [-0.15, -0.1) is 0 Å². The van der Waals surface area contributed by atoms with Crippen LogP contribution in [-0.2, 0) is 19.1 Å². The minimum absolute atomic E-state index is 0.0276. The molecule has 0 aliphatic carbocycles. The SMILES string of the molecule is CCC(NC(=O)CCC(=O)OC)C(=O)Nc1cc(-c2ccccc2)[nH]n1. The van der Waals surface area contributed by atoms with Crippen molar-refractivity contribution in [3.8, 4) is 11.3 Å². The van der Waals surface area contributed by atoms with Crippen molar-refractivity contribution in [2.24, 2.45) is 0 Å². The second-order valence-corrected chi connectivity index (χ2v) is 5.63. The van der Waals surface area contributed by atoms with Crippen molar-refractivity contribution in [2.45, 2.75) is 32.2 Å². The Morgan fingerprint density at radius 2 is 1.92 bits per heavy atom. The van der Waals surface area contributed by atoms with Crippen molar-refractivity contribution in [2.75, 3.05) is 12.4 Å². The van der Waals surface area contributed by atoms with E-state index >= 15 is 0 Å². The lowest BCUT2D eigenvalue weighted by Gasteiger charge is -2.15. The van der Waals surface area contributed by atoms with E-state index in [-0.39, 0.29) is 24.7 Å². The molecule has 0 saturated carbocycles. The molecule has 1 aromatic heterocycles. The van der Waals surface area contributed by atoms with Gasteiger partial charge < -0.3 is 15.4 Å². The summed E-state index contributed by atoms with van der Waals surface area (Å²) in [5.41, 5.74) is 1.72. The molecule has 0 aliphatic rings. The van der Waals surface area contributed by atoms with Crippen LogP contribution in [0.5, 0.6) is 0 Å². The van der Waals surface area contributed by atoms with Gasteiger partial charge in [0.2, 0.25) is 11.8 Å². The number of aromatic amines is 1. The van der Waals surface area contributed by atoms with Gasteiger partial charge in [-0.2, -0.15) is 5.10 Å². The quantitative estimate of drug-likeness (QED) is 0.624. The van der Waals surface area contributed by atoms with Gasteiger partial charge in [0.05, 0.1) is 19.2 Å². The van der Waals surface area contributed by atoms with Crippen LogP contribution < -0.4 is 10.6 Å². The predicted octanol–water partition coefficient (Wildman–Crippen LogP) is 1.86. The van der Waals surface area contributed by atoms with E-state index in [9.17, 15) is 14.4 Å². The number of carbonyl (C=O) groups is 3. The third-order valence-electron chi connectivity index (χ3n) is 3.76. The number of nitrogens with one attached hydrogen (secondary N) is 3.